The third-order valence-corrected chi connectivity index (χ3v) is 3.35. The van der Waals surface area contributed by atoms with Gasteiger partial charge in [-0.3, -0.25) is 0 Å². The van der Waals surface area contributed by atoms with Gasteiger partial charge in [-0.1, -0.05) is 18.2 Å². The molecule has 1 N–H and O–H groups in total. The predicted molar refractivity (Wildman–Crippen MR) is 87.6 cm³/mol. The van der Waals surface area contributed by atoms with E-state index in [1.807, 2.05) is 48.5 Å². The van der Waals surface area contributed by atoms with E-state index in [2.05, 4.69) is 5.32 Å². The van der Waals surface area contributed by atoms with Crippen LogP contribution in [0.4, 0.5) is 5.69 Å². The summed E-state index contributed by atoms with van der Waals surface area (Å²) in [4.78, 5) is 11.5. The zero-order valence-electron chi connectivity index (χ0n) is 12.3. The molecule has 0 aliphatic rings. The maximum absolute atomic E-state index is 11.5. The number of fused-ring (bicyclic) bond motifs is 1. The normalized spacial score (nSPS) is 10.6. The van der Waals surface area contributed by atoms with Crippen LogP contribution in [0.5, 0.6) is 5.75 Å². The van der Waals surface area contributed by atoms with Gasteiger partial charge in [-0.25, -0.2) is 4.79 Å². The van der Waals surface area contributed by atoms with E-state index in [1.54, 1.807) is 13.0 Å². The molecule has 22 heavy (non-hydrogen) atoms. The zero-order valence-corrected chi connectivity index (χ0v) is 12.3. The van der Waals surface area contributed by atoms with Gasteiger partial charge >= 0.3 is 5.63 Å². The van der Waals surface area contributed by atoms with Crippen molar-refractivity contribution in [1.82, 2.24) is 0 Å². The van der Waals surface area contributed by atoms with Gasteiger partial charge in [0.1, 0.15) is 17.9 Å². The molecule has 0 bridgehead atoms. The molecule has 0 unspecified atom stereocenters. The summed E-state index contributed by atoms with van der Waals surface area (Å²) in [5.41, 5.74) is 1.89. The van der Waals surface area contributed by atoms with Crippen molar-refractivity contribution in [1.29, 1.82) is 0 Å². The van der Waals surface area contributed by atoms with Gasteiger partial charge in [0.25, 0.3) is 0 Å². The van der Waals surface area contributed by atoms with E-state index in [4.69, 9.17) is 9.15 Å². The number of aryl methyl sites for hydroxylation is 1. The smallest absolute Gasteiger partial charge is 0.339 e. The lowest BCUT2D eigenvalue weighted by Gasteiger charge is -2.09. The second kappa shape index (κ2) is 6.35. The van der Waals surface area contributed by atoms with Gasteiger partial charge in [0, 0.05) is 23.2 Å². The number of ether oxygens (including phenoxy) is 1. The first kappa shape index (κ1) is 14.2. The highest BCUT2D eigenvalue weighted by atomic mass is 16.5. The summed E-state index contributed by atoms with van der Waals surface area (Å²) in [7, 11) is 0. The highest BCUT2D eigenvalue weighted by molar-refractivity contribution is 5.81. The molecule has 3 rings (SSSR count). The number of para-hydroxylation sites is 1. The molecule has 0 spiro atoms. The molecule has 2 aromatic carbocycles. The summed E-state index contributed by atoms with van der Waals surface area (Å²) in [6, 6.07) is 17.2. The first-order valence-corrected chi connectivity index (χ1v) is 7.18. The van der Waals surface area contributed by atoms with Crippen molar-refractivity contribution >= 4 is 16.7 Å². The monoisotopic (exact) mass is 295 g/mol. The van der Waals surface area contributed by atoms with Crippen LogP contribution in [0.25, 0.3) is 11.0 Å². The lowest BCUT2D eigenvalue weighted by atomic mass is 10.2. The van der Waals surface area contributed by atoms with E-state index < -0.39 is 0 Å². The van der Waals surface area contributed by atoms with Gasteiger partial charge < -0.3 is 14.5 Å². The Balaban J connectivity index is 1.62. The maximum Gasteiger partial charge on any atom is 0.339 e. The van der Waals surface area contributed by atoms with Crippen LogP contribution in [-0.4, -0.2) is 13.2 Å². The molecule has 0 saturated heterocycles. The topological polar surface area (TPSA) is 51.5 Å². The average molecular weight is 295 g/mol. The largest absolute Gasteiger partial charge is 0.492 e. The SMILES string of the molecule is Cc1cc2cc(NCCOc3ccccc3)ccc2oc1=O. The molecule has 0 amide bonds. The Morgan fingerprint density at radius 1 is 1.09 bits per heavy atom. The Bertz CT molecular complexity index is 825. The Morgan fingerprint density at radius 2 is 1.91 bits per heavy atom. The molecule has 0 saturated carbocycles. The van der Waals surface area contributed by atoms with Gasteiger partial charge in [-0.05, 0) is 43.3 Å². The highest BCUT2D eigenvalue weighted by Gasteiger charge is 2.02. The van der Waals surface area contributed by atoms with E-state index in [0.29, 0.717) is 24.3 Å². The van der Waals surface area contributed by atoms with Crippen LogP contribution < -0.4 is 15.7 Å². The molecule has 0 aliphatic carbocycles. The average Bonchev–Trinajstić information content (AvgIpc) is 2.54. The lowest BCUT2D eigenvalue weighted by Crippen LogP contribution is -2.11. The van der Waals surface area contributed by atoms with Crippen molar-refractivity contribution in [3.8, 4) is 5.75 Å². The van der Waals surface area contributed by atoms with Crippen LogP contribution >= 0.6 is 0 Å². The molecule has 4 nitrogen and oxygen atoms in total. The second-order valence-corrected chi connectivity index (χ2v) is 5.06. The first-order chi connectivity index (χ1) is 10.7. The minimum absolute atomic E-state index is 0.288. The molecule has 1 heterocycles. The summed E-state index contributed by atoms with van der Waals surface area (Å²) in [6.07, 6.45) is 0. The third kappa shape index (κ3) is 3.28. The Hall–Kier alpha value is -2.75. The van der Waals surface area contributed by atoms with Crippen LogP contribution in [0.15, 0.2) is 63.8 Å². The van der Waals surface area contributed by atoms with Gasteiger partial charge in [0.05, 0.1) is 0 Å². The van der Waals surface area contributed by atoms with Crippen LogP contribution in [0, 0.1) is 6.92 Å². The molecule has 3 aromatic rings. The van der Waals surface area contributed by atoms with Crippen molar-refractivity contribution in [3.05, 3.63) is 70.6 Å². The Morgan fingerprint density at radius 3 is 2.73 bits per heavy atom. The fourth-order valence-corrected chi connectivity index (χ4v) is 2.22. The summed E-state index contributed by atoms with van der Waals surface area (Å²) < 4.78 is 10.9. The Kier molecular flexibility index (Phi) is 4.10. The number of hydrogen-bond acceptors (Lipinski definition) is 4. The van der Waals surface area contributed by atoms with Crippen molar-refractivity contribution in [3.63, 3.8) is 0 Å². The third-order valence-electron chi connectivity index (χ3n) is 3.35. The maximum atomic E-state index is 11.5. The number of anilines is 1. The summed E-state index contributed by atoms with van der Waals surface area (Å²) in [6.45, 7) is 3.01. The zero-order chi connectivity index (χ0) is 15.4. The van der Waals surface area contributed by atoms with Crippen LogP contribution in [0.2, 0.25) is 0 Å². The quantitative estimate of drug-likeness (QED) is 0.577. The first-order valence-electron chi connectivity index (χ1n) is 7.18. The van der Waals surface area contributed by atoms with Crippen LogP contribution in [0.1, 0.15) is 5.56 Å². The van der Waals surface area contributed by atoms with E-state index in [-0.39, 0.29) is 5.63 Å². The molecule has 4 heteroatoms. The molecule has 1 aromatic heterocycles. The van der Waals surface area contributed by atoms with Gasteiger partial charge in [0.15, 0.2) is 0 Å². The molecular formula is C18H17NO3. The van der Waals surface area contributed by atoms with E-state index in [0.717, 1.165) is 16.8 Å². The summed E-state index contributed by atoms with van der Waals surface area (Å²) >= 11 is 0. The van der Waals surface area contributed by atoms with Crippen LogP contribution in [0.3, 0.4) is 0 Å². The second-order valence-electron chi connectivity index (χ2n) is 5.06. The van der Waals surface area contributed by atoms with Crippen LogP contribution in [-0.2, 0) is 0 Å². The minimum atomic E-state index is -0.288. The number of rotatable bonds is 5. The fourth-order valence-electron chi connectivity index (χ4n) is 2.22. The van der Waals surface area contributed by atoms with Gasteiger partial charge in [0.2, 0.25) is 0 Å². The number of hydrogen-bond donors (Lipinski definition) is 1. The standard InChI is InChI=1S/C18H17NO3/c1-13-11-14-12-15(7-8-17(14)22-18(13)20)19-9-10-21-16-5-3-2-4-6-16/h2-8,11-12,19H,9-10H2,1H3. The highest BCUT2D eigenvalue weighted by Crippen LogP contribution is 2.18. The number of nitrogens with one attached hydrogen (secondary N) is 1. The summed E-state index contributed by atoms with van der Waals surface area (Å²) in [5.74, 6) is 0.861. The molecule has 0 fully saturated rings. The van der Waals surface area contributed by atoms with E-state index >= 15 is 0 Å². The molecule has 0 radical (unpaired) electrons. The minimum Gasteiger partial charge on any atom is -0.492 e. The van der Waals surface area contributed by atoms with Crippen molar-refractivity contribution in [2.24, 2.45) is 0 Å². The van der Waals surface area contributed by atoms with Crippen molar-refractivity contribution in [2.75, 3.05) is 18.5 Å². The lowest BCUT2D eigenvalue weighted by molar-refractivity contribution is 0.333. The molecule has 112 valence electrons. The Labute approximate surface area is 128 Å². The molecular weight excluding hydrogens is 278 g/mol. The summed E-state index contributed by atoms with van der Waals surface area (Å²) in [5, 5.41) is 4.20. The van der Waals surface area contributed by atoms with Gasteiger partial charge in [-0.15, -0.1) is 0 Å². The van der Waals surface area contributed by atoms with Crippen molar-refractivity contribution < 1.29 is 9.15 Å². The van der Waals surface area contributed by atoms with Gasteiger partial charge in [-0.2, -0.15) is 0 Å². The fraction of sp³-hybridized carbons (Fsp3) is 0.167. The van der Waals surface area contributed by atoms with Crippen molar-refractivity contribution in [2.45, 2.75) is 6.92 Å². The van der Waals surface area contributed by atoms with E-state index in [1.165, 1.54) is 0 Å². The van der Waals surface area contributed by atoms with E-state index in [9.17, 15) is 4.79 Å². The predicted octanol–water partition coefficient (Wildman–Crippen LogP) is 3.59. The molecule has 0 atom stereocenters. The number of benzene rings is 2. The molecule has 0 aliphatic heterocycles.